The Labute approximate surface area is 270 Å². The third kappa shape index (κ3) is 8.72. The topological polar surface area (TPSA) is 96.0 Å². The van der Waals surface area contributed by atoms with Crippen LogP contribution in [0.2, 0.25) is 0 Å². The van der Waals surface area contributed by atoms with Crippen LogP contribution in [0.5, 0.6) is 5.75 Å². The van der Waals surface area contributed by atoms with Gasteiger partial charge in [0.05, 0.1) is 17.2 Å². The minimum Gasteiger partial charge on any atom is -0.492 e. The molecule has 8 nitrogen and oxygen atoms in total. The van der Waals surface area contributed by atoms with E-state index in [1.165, 1.54) is 29.2 Å². The van der Waals surface area contributed by atoms with Crippen LogP contribution >= 0.6 is 0 Å². The van der Waals surface area contributed by atoms with Crippen molar-refractivity contribution in [2.75, 3.05) is 17.5 Å². The molecule has 2 amide bonds. The Bertz CT molecular complexity index is 1710. The first-order valence-electron chi connectivity index (χ1n) is 15.2. The van der Waals surface area contributed by atoms with E-state index in [-0.39, 0.29) is 41.9 Å². The standard InChI is InChI=1S/C36H40FN3O5S/c1-5-45-34-14-10-9-13-32(34)40(46(43,44)31-21-15-27(4)16-22-31)25-35(41)39(24-29-17-19-30(37)20-18-29)33(36(42)38-26(2)3)23-28-11-7-6-8-12-28/h6-22,26,33H,5,23-25H2,1-4H3,(H,38,42)/t33-/m0/s1. The lowest BCUT2D eigenvalue weighted by Gasteiger charge is -2.34. The number of rotatable bonds is 14. The summed E-state index contributed by atoms with van der Waals surface area (Å²) in [5.41, 5.74) is 2.45. The number of hydrogen-bond donors (Lipinski definition) is 1. The van der Waals surface area contributed by atoms with Gasteiger partial charge in [0.1, 0.15) is 24.2 Å². The highest BCUT2D eigenvalue weighted by Gasteiger charge is 2.35. The minimum atomic E-state index is -4.29. The fourth-order valence-electron chi connectivity index (χ4n) is 5.01. The van der Waals surface area contributed by atoms with Gasteiger partial charge in [-0.05, 0) is 75.2 Å². The zero-order valence-corrected chi connectivity index (χ0v) is 27.3. The molecule has 0 bridgehead atoms. The van der Waals surface area contributed by atoms with Gasteiger partial charge in [0, 0.05) is 19.0 Å². The number of para-hydroxylation sites is 2. The SMILES string of the molecule is CCOc1ccccc1N(CC(=O)N(Cc1ccc(F)cc1)[C@@H](Cc1ccccc1)C(=O)NC(C)C)S(=O)(=O)c1ccc(C)cc1. The number of nitrogens with one attached hydrogen (secondary N) is 1. The first kappa shape index (κ1) is 34.2. The van der Waals surface area contributed by atoms with E-state index in [4.69, 9.17) is 4.74 Å². The highest BCUT2D eigenvalue weighted by Crippen LogP contribution is 2.33. The van der Waals surface area contributed by atoms with Crippen molar-refractivity contribution in [3.63, 3.8) is 0 Å². The molecule has 0 aliphatic carbocycles. The average Bonchev–Trinajstić information content (AvgIpc) is 3.03. The molecule has 1 atom stereocenters. The molecule has 0 saturated carbocycles. The number of hydrogen-bond acceptors (Lipinski definition) is 5. The number of amides is 2. The summed E-state index contributed by atoms with van der Waals surface area (Å²) in [4.78, 5) is 29.7. The maximum absolute atomic E-state index is 14.5. The van der Waals surface area contributed by atoms with E-state index in [1.807, 2.05) is 51.1 Å². The van der Waals surface area contributed by atoms with Crippen LogP contribution in [0.15, 0.2) is 108 Å². The van der Waals surface area contributed by atoms with Gasteiger partial charge in [-0.2, -0.15) is 0 Å². The summed E-state index contributed by atoms with van der Waals surface area (Å²) < 4.78 is 49.2. The monoisotopic (exact) mass is 645 g/mol. The van der Waals surface area contributed by atoms with E-state index in [0.717, 1.165) is 15.4 Å². The molecule has 1 N–H and O–H groups in total. The van der Waals surface area contributed by atoms with E-state index in [9.17, 15) is 22.4 Å². The average molecular weight is 646 g/mol. The largest absolute Gasteiger partial charge is 0.492 e. The van der Waals surface area contributed by atoms with E-state index in [2.05, 4.69) is 5.32 Å². The lowest BCUT2D eigenvalue weighted by molar-refractivity contribution is -0.140. The second-order valence-electron chi connectivity index (χ2n) is 11.2. The smallest absolute Gasteiger partial charge is 0.264 e. The van der Waals surface area contributed by atoms with Crippen molar-refractivity contribution >= 4 is 27.5 Å². The van der Waals surface area contributed by atoms with Crippen molar-refractivity contribution in [2.24, 2.45) is 0 Å². The number of benzene rings is 4. The molecule has 0 aliphatic rings. The highest BCUT2D eigenvalue weighted by molar-refractivity contribution is 7.92. The molecule has 0 fully saturated rings. The second-order valence-corrected chi connectivity index (χ2v) is 13.1. The van der Waals surface area contributed by atoms with Crippen LogP contribution in [0.1, 0.15) is 37.5 Å². The number of carbonyl (C=O) groups is 2. The van der Waals surface area contributed by atoms with Crippen LogP contribution < -0.4 is 14.4 Å². The second kappa shape index (κ2) is 15.5. The summed E-state index contributed by atoms with van der Waals surface area (Å²) in [5, 5.41) is 2.92. The Hall–Kier alpha value is -4.70. The third-order valence-electron chi connectivity index (χ3n) is 7.29. The molecule has 0 saturated heterocycles. The molecular formula is C36H40FN3O5S. The van der Waals surface area contributed by atoms with Gasteiger partial charge < -0.3 is 15.0 Å². The Morgan fingerprint density at radius 3 is 2.11 bits per heavy atom. The molecule has 4 aromatic rings. The number of anilines is 1. The van der Waals surface area contributed by atoms with E-state index >= 15 is 0 Å². The Morgan fingerprint density at radius 2 is 1.48 bits per heavy atom. The van der Waals surface area contributed by atoms with Gasteiger partial charge in [-0.1, -0.05) is 72.3 Å². The van der Waals surface area contributed by atoms with Crippen LogP contribution in [-0.2, 0) is 32.6 Å². The first-order chi connectivity index (χ1) is 22.0. The van der Waals surface area contributed by atoms with Gasteiger partial charge in [0.15, 0.2) is 0 Å². The summed E-state index contributed by atoms with van der Waals surface area (Å²) in [5.74, 6) is -1.16. The highest BCUT2D eigenvalue weighted by atomic mass is 32.2. The third-order valence-corrected chi connectivity index (χ3v) is 9.06. The Balaban J connectivity index is 1.84. The predicted molar refractivity (Wildman–Crippen MR) is 177 cm³/mol. The maximum atomic E-state index is 14.5. The number of aryl methyl sites for hydroxylation is 1. The molecule has 0 unspecified atom stereocenters. The lowest BCUT2D eigenvalue weighted by Crippen LogP contribution is -2.54. The van der Waals surface area contributed by atoms with Gasteiger partial charge in [-0.3, -0.25) is 13.9 Å². The van der Waals surface area contributed by atoms with Crippen LogP contribution in [0, 0.1) is 12.7 Å². The fourth-order valence-corrected chi connectivity index (χ4v) is 6.44. The molecule has 0 heterocycles. The molecule has 4 rings (SSSR count). The quantitative estimate of drug-likeness (QED) is 0.185. The van der Waals surface area contributed by atoms with Crippen molar-refractivity contribution in [1.82, 2.24) is 10.2 Å². The molecular weight excluding hydrogens is 605 g/mol. The van der Waals surface area contributed by atoms with Crippen molar-refractivity contribution in [3.8, 4) is 5.75 Å². The predicted octanol–water partition coefficient (Wildman–Crippen LogP) is 5.89. The van der Waals surface area contributed by atoms with Crippen LogP contribution in [0.4, 0.5) is 10.1 Å². The Morgan fingerprint density at radius 1 is 0.848 bits per heavy atom. The van der Waals surface area contributed by atoms with Gasteiger partial charge >= 0.3 is 0 Å². The molecule has 46 heavy (non-hydrogen) atoms. The van der Waals surface area contributed by atoms with Crippen LogP contribution in [0.3, 0.4) is 0 Å². The van der Waals surface area contributed by atoms with E-state index < -0.39 is 40.2 Å². The number of nitrogens with zero attached hydrogens (tertiary/aromatic N) is 2. The lowest BCUT2D eigenvalue weighted by atomic mass is 10.0. The maximum Gasteiger partial charge on any atom is 0.264 e. The van der Waals surface area contributed by atoms with Gasteiger partial charge in [0.25, 0.3) is 10.0 Å². The van der Waals surface area contributed by atoms with Crippen molar-refractivity contribution in [3.05, 3.63) is 126 Å². The van der Waals surface area contributed by atoms with Gasteiger partial charge in [0.2, 0.25) is 11.8 Å². The Kier molecular flexibility index (Phi) is 11.5. The fraction of sp³-hybridized carbons (Fsp3) is 0.278. The zero-order chi connectivity index (χ0) is 33.3. The molecule has 10 heteroatoms. The minimum absolute atomic E-state index is 0.000623. The van der Waals surface area contributed by atoms with Crippen LogP contribution in [-0.4, -0.2) is 50.4 Å². The molecule has 0 spiro atoms. The molecule has 0 aliphatic heterocycles. The van der Waals surface area contributed by atoms with Crippen molar-refractivity contribution < 1.29 is 27.1 Å². The molecule has 0 radical (unpaired) electrons. The van der Waals surface area contributed by atoms with E-state index in [1.54, 1.807) is 55.5 Å². The van der Waals surface area contributed by atoms with Gasteiger partial charge in [-0.25, -0.2) is 12.8 Å². The van der Waals surface area contributed by atoms with Crippen LogP contribution in [0.25, 0.3) is 0 Å². The number of halogens is 1. The summed E-state index contributed by atoms with van der Waals surface area (Å²) in [7, 11) is -4.29. The first-order valence-corrected chi connectivity index (χ1v) is 16.6. The number of carbonyl (C=O) groups excluding carboxylic acids is 2. The van der Waals surface area contributed by atoms with E-state index in [0.29, 0.717) is 5.56 Å². The molecule has 0 aromatic heterocycles. The summed E-state index contributed by atoms with van der Waals surface area (Å²) in [6.45, 7) is 6.87. The van der Waals surface area contributed by atoms with Crippen molar-refractivity contribution in [2.45, 2.75) is 57.6 Å². The summed E-state index contributed by atoms with van der Waals surface area (Å²) in [6.07, 6.45) is 0.173. The molecule has 4 aromatic carbocycles. The number of sulfonamides is 1. The summed E-state index contributed by atoms with van der Waals surface area (Å²) >= 11 is 0. The number of ether oxygens (including phenoxy) is 1. The van der Waals surface area contributed by atoms with Crippen molar-refractivity contribution in [1.29, 1.82) is 0 Å². The zero-order valence-electron chi connectivity index (χ0n) is 26.5. The normalized spacial score (nSPS) is 12.0. The molecule has 242 valence electrons. The van der Waals surface area contributed by atoms with Gasteiger partial charge in [-0.15, -0.1) is 0 Å². The summed E-state index contributed by atoms with van der Waals surface area (Å²) in [6, 6.07) is 26.7.